The summed E-state index contributed by atoms with van der Waals surface area (Å²) in [5.74, 6) is 0. The molecule has 0 saturated heterocycles. The van der Waals surface area contributed by atoms with E-state index < -0.39 is 0 Å². The predicted molar refractivity (Wildman–Crippen MR) is 259 cm³/mol. The Morgan fingerprint density at radius 3 is 1.18 bits per heavy atom. The number of halogens is 1. The second kappa shape index (κ2) is 15.7. The van der Waals surface area contributed by atoms with E-state index in [0.29, 0.717) is 0 Å². The van der Waals surface area contributed by atoms with E-state index in [2.05, 4.69) is 233 Å². The summed E-state index contributed by atoms with van der Waals surface area (Å²) in [6, 6.07) is 78.9. The molecule has 0 fully saturated rings. The SMILES string of the molecule is Clc1cc(N(c2ccccc2)c2cccc(N(c3ccccc3)c3cc(N(c4ccccc4)c4ccccc4)c4c(c3)[se]c3ccccc34)c2)c2c(c1)[se]c1ccccc12. The summed E-state index contributed by atoms with van der Waals surface area (Å²) in [6.45, 7) is 0. The van der Waals surface area contributed by atoms with Crippen molar-refractivity contribution >= 4 is 130 Å². The van der Waals surface area contributed by atoms with Crippen molar-refractivity contribution in [3.8, 4) is 0 Å². The van der Waals surface area contributed by atoms with Gasteiger partial charge in [0.05, 0.1) is 0 Å². The first-order chi connectivity index (χ1) is 29.7. The molecular formula is C54H36ClN3Se2. The minimum atomic E-state index is 0.120. The van der Waals surface area contributed by atoms with Crippen LogP contribution in [0.5, 0.6) is 0 Å². The van der Waals surface area contributed by atoms with Crippen molar-refractivity contribution in [3.63, 3.8) is 0 Å². The molecule has 3 nitrogen and oxygen atoms in total. The van der Waals surface area contributed by atoms with Crippen LogP contribution < -0.4 is 14.7 Å². The maximum atomic E-state index is 7.01. The molecule has 0 radical (unpaired) electrons. The minimum absolute atomic E-state index is 0.120. The molecule has 11 rings (SSSR count). The van der Waals surface area contributed by atoms with E-state index in [1.165, 1.54) is 38.6 Å². The van der Waals surface area contributed by atoms with Crippen molar-refractivity contribution in [2.24, 2.45) is 0 Å². The molecule has 2 aromatic heterocycles. The van der Waals surface area contributed by atoms with Gasteiger partial charge in [-0.05, 0) is 0 Å². The van der Waals surface area contributed by atoms with Crippen molar-refractivity contribution in [2.45, 2.75) is 0 Å². The molecule has 0 N–H and O–H groups in total. The van der Waals surface area contributed by atoms with Crippen LogP contribution in [0.25, 0.3) is 38.6 Å². The van der Waals surface area contributed by atoms with E-state index in [0.717, 1.165) is 56.2 Å². The summed E-state index contributed by atoms with van der Waals surface area (Å²) < 4.78 is 5.47. The van der Waals surface area contributed by atoms with E-state index in [1.54, 1.807) is 0 Å². The molecular weight excluding hydrogens is 884 g/mol. The van der Waals surface area contributed by atoms with Gasteiger partial charge in [-0.15, -0.1) is 0 Å². The van der Waals surface area contributed by atoms with Gasteiger partial charge < -0.3 is 0 Å². The van der Waals surface area contributed by atoms with Gasteiger partial charge >= 0.3 is 368 Å². The van der Waals surface area contributed by atoms with Gasteiger partial charge in [-0.2, -0.15) is 0 Å². The van der Waals surface area contributed by atoms with Crippen molar-refractivity contribution in [3.05, 3.63) is 223 Å². The van der Waals surface area contributed by atoms with Crippen LogP contribution in [0.3, 0.4) is 0 Å². The molecule has 0 saturated carbocycles. The zero-order valence-electron chi connectivity index (χ0n) is 32.3. The Kier molecular flexibility index (Phi) is 9.63. The molecule has 0 atom stereocenters. The van der Waals surface area contributed by atoms with Crippen molar-refractivity contribution < 1.29 is 0 Å². The number of para-hydroxylation sites is 4. The monoisotopic (exact) mass is 921 g/mol. The molecule has 6 heteroatoms. The molecule has 2 heterocycles. The summed E-state index contributed by atoms with van der Waals surface area (Å²) in [6.07, 6.45) is 0. The predicted octanol–water partition coefficient (Wildman–Crippen LogP) is 15.5. The number of benzene rings is 9. The van der Waals surface area contributed by atoms with Crippen molar-refractivity contribution in [2.75, 3.05) is 14.7 Å². The van der Waals surface area contributed by atoms with E-state index >= 15 is 0 Å². The molecule has 0 spiro atoms. The van der Waals surface area contributed by atoms with E-state index in [4.69, 9.17) is 11.6 Å². The van der Waals surface area contributed by atoms with Crippen molar-refractivity contribution in [1.82, 2.24) is 0 Å². The van der Waals surface area contributed by atoms with Crippen LogP contribution in [-0.4, -0.2) is 29.0 Å². The van der Waals surface area contributed by atoms with Gasteiger partial charge in [0.15, 0.2) is 0 Å². The summed E-state index contributed by atoms with van der Waals surface area (Å²) >= 11 is 7.30. The van der Waals surface area contributed by atoms with Crippen LogP contribution in [0, 0.1) is 0 Å². The molecule has 0 amide bonds. The maximum absolute atomic E-state index is 7.01. The van der Waals surface area contributed by atoms with Crippen LogP contribution in [0.1, 0.15) is 0 Å². The Labute approximate surface area is 366 Å². The van der Waals surface area contributed by atoms with Gasteiger partial charge in [0, 0.05) is 0 Å². The number of hydrogen-bond acceptors (Lipinski definition) is 3. The second-order valence-corrected chi connectivity index (χ2v) is 19.7. The van der Waals surface area contributed by atoms with Gasteiger partial charge in [0.1, 0.15) is 0 Å². The van der Waals surface area contributed by atoms with E-state index in [1.807, 2.05) is 0 Å². The van der Waals surface area contributed by atoms with Crippen LogP contribution in [0.15, 0.2) is 218 Å². The van der Waals surface area contributed by atoms with Gasteiger partial charge in [-0.3, -0.25) is 0 Å². The molecule has 0 aliphatic carbocycles. The van der Waals surface area contributed by atoms with E-state index in [-0.39, 0.29) is 29.0 Å². The Morgan fingerprint density at radius 2 is 0.667 bits per heavy atom. The molecule has 0 aliphatic rings. The molecule has 60 heavy (non-hydrogen) atoms. The normalized spacial score (nSPS) is 11.4. The fourth-order valence-corrected chi connectivity index (χ4v) is 13.7. The van der Waals surface area contributed by atoms with Crippen LogP contribution >= 0.6 is 11.6 Å². The zero-order chi connectivity index (χ0) is 40.0. The molecule has 11 aromatic rings. The second-order valence-electron chi connectivity index (χ2n) is 14.7. The first-order valence-corrected chi connectivity index (χ1v) is 23.8. The summed E-state index contributed by atoms with van der Waals surface area (Å²) in [7, 11) is 0. The molecule has 0 aliphatic heterocycles. The fourth-order valence-electron chi connectivity index (χ4n) is 8.48. The third-order valence-electron chi connectivity index (χ3n) is 11.0. The number of nitrogens with zero attached hydrogens (tertiary/aromatic N) is 3. The number of hydrogen-bond donors (Lipinski definition) is 0. The van der Waals surface area contributed by atoms with Crippen LogP contribution in [0.2, 0.25) is 5.02 Å². The standard InChI is InChI=1S/C54H36ClN3Se2/c55-37-32-47(53-45-28-13-15-30-49(45)59-51(53)33-37)58(41-24-11-4-12-25-41)43-27-17-26-42(34-43)56(38-18-5-1-6-19-38)44-35-48(54-46-29-14-16-31-50(46)60-52(54)36-44)57(39-20-7-2-8-21-39)40-22-9-3-10-23-40/h1-36H. The molecule has 286 valence electrons. The third-order valence-corrected chi connectivity index (χ3v) is 15.9. The van der Waals surface area contributed by atoms with Gasteiger partial charge in [0.2, 0.25) is 0 Å². The van der Waals surface area contributed by atoms with Crippen molar-refractivity contribution in [1.29, 1.82) is 0 Å². The first-order valence-electron chi connectivity index (χ1n) is 19.9. The first kappa shape index (κ1) is 36.8. The topological polar surface area (TPSA) is 9.72 Å². The molecule has 9 aromatic carbocycles. The Balaban J connectivity index is 1.16. The number of fused-ring (bicyclic) bond motifs is 6. The summed E-state index contributed by atoms with van der Waals surface area (Å²) in [4.78, 5) is 7.23. The third kappa shape index (κ3) is 6.62. The molecule has 0 bridgehead atoms. The molecule has 0 unspecified atom stereocenters. The zero-order valence-corrected chi connectivity index (χ0v) is 36.5. The summed E-state index contributed by atoms with van der Waals surface area (Å²) in [5.41, 5.74) is 9.84. The van der Waals surface area contributed by atoms with E-state index in [9.17, 15) is 0 Å². The van der Waals surface area contributed by atoms with Crippen LogP contribution in [0.4, 0.5) is 51.2 Å². The van der Waals surface area contributed by atoms with Gasteiger partial charge in [-0.1, -0.05) is 0 Å². The quantitative estimate of drug-likeness (QED) is 0.134. The van der Waals surface area contributed by atoms with Gasteiger partial charge in [-0.25, -0.2) is 0 Å². The van der Waals surface area contributed by atoms with Crippen LogP contribution in [-0.2, 0) is 0 Å². The Morgan fingerprint density at radius 1 is 0.283 bits per heavy atom. The fraction of sp³-hybridized carbons (Fsp3) is 0. The average Bonchev–Trinajstić information content (AvgIpc) is 3.87. The Bertz CT molecular complexity index is 3250. The Hall–Kier alpha value is -6.29. The summed E-state index contributed by atoms with van der Waals surface area (Å²) in [5, 5.41) is 5.91. The van der Waals surface area contributed by atoms with Gasteiger partial charge in [0.25, 0.3) is 0 Å². The number of anilines is 9. The number of rotatable bonds is 9. The average molecular weight is 920 g/mol.